The first-order valence-corrected chi connectivity index (χ1v) is 8.83. The van der Waals surface area contributed by atoms with E-state index in [-0.39, 0.29) is 11.3 Å². The van der Waals surface area contributed by atoms with E-state index in [0.717, 1.165) is 6.26 Å². The molecule has 0 aliphatic rings. The van der Waals surface area contributed by atoms with E-state index in [1.54, 1.807) is 30.5 Å². The lowest BCUT2D eigenvalue weighted by molar-refractivity contribution is -0.114. The molecule has 9 heteroatoms. The van der Waals surface area contributed by atoms with Crippen molar-refractivity contribution in [2.75, 3.05) is 6.26 Å². The van der Waals surface area contributed by atoms with Crippen molar-refractivity contribution in [1.82, 2.24) is 10.3 Å². The molecule has 1 aromatic heterocycles. The van der Waals surface area contributed by atoms with Crippen LogP contribution in [0.5, 0.6) is 5.75 Å². The van der Waals surface area contributed by atoms with Crippen molar-refractivity contribution in [3.8, 4) is 5.75 Å². The number of nitrogens with zero attached hydrogens (tertiary/aromatic N) is 1. The van der Waals surface area contributed by atoms with E-state index in [0.29, 0.717) is 11.1 Å². The van der Waals surface area contributed by atoms with E-state index in [9.17, 15) is 13.2 Å². The number of hydrogen-bond donors (Lipinski definition) is 3. The van der Waals surface area contributed by atoms with Crippen molar-refractivity contribution in [2.45, 2.75) is 0 Å². The molecule has 0 saturated heterocycles. The van der Waals surface area contributed by atoms with Crippen LogP contribution >= 0.6 is 0 Å². The van der Waals surface area contributed by atoms with E-state index in [1.165, 1.54) is 24.4 Å². The van der Waals surface area contributed by atoms with Crippen molar-refractivity contribution < 1.29 is 17.4 Å². The van der Waals surface area contributed by atoms with Crippen LogP contribution in [0.4, 0.5) is 0 Å². The second kappa shape index (κ2) is 7.58. The number of rotatable bonds is 5. The monoisotopic (exact) mass is 360 g/mol. The summed E-state index contributed by atoms with van der Waals surface area (Å²) in [5, 5.41) is 9.42. The Morgan fingerprint density at radius 3 is 2.68 bits per heavy atom. The van der Waals surface area contributed by atoms with Gasteiger partial charge in [-0.05, 0) is 29.8 Å². The Kier molecular flexibility index (Phi) is 5.50. The minimum Gasteiger partial charge on any atom is -0.383 e. The van der Waals surface area contributed by atoms with Gasteiger partial charge >= 0.3 is 10.1 Å². The first-order chi connectivity index (χ1) is 11.7. The van der Waals surface area contributed by atoms with Crippen LogP contribution in [-0.4, -0.2) is 31.5 Å². The topological polar surface area (TPSA) is 135 Å². The number of amides is 1. The van der Waals surface area contributed by atoms with Crippen molar-refractivity contribution in [1.29, 1.82) is 5.41 Å². The Morgan fingerprint density at radius 2 is 2.08 bits per heavy atom. The summed E-state index contributed by atoms with van der Waals surface area (Å²) in [6, 6.07) is 9.56. The molecule has 1 heterocycles. The number of guanidine groups is 1. The maximum atomic E-state index is 12.3. The normalized spacial score (nSPS) is 11.6. The van der Waals surface area contributed by atoms with E-state index >= 15 is 0 Å². The lowest BCUT2D eigenvalue weighted by Crippen LogP contribution is -2.36. The van der Waals surface area contributed by atoms with E-state index in [2.05, 4.69) is 10.3 Å². The first kappa shape index (κ1) is 18.1. The minimum absolute atomic E-state index is 0.119. The summed E-state index contributed by atoms with van der Waals surface area (Å²) in [6.45, 7) is 0. The molecule has 2 rings (SSSR count). The van der Waals surface area contributed by atoms with Crippen molar-refractivity contribution in [2.24, 2.45) is 5.73 Å². The molecule has 0 bridgehead atoms. The summed E-state index contributed by atoms with van der Waals surface area (Å²) in [4.78, 5) is 16.3. The Morgan fingerprint density at radius 1 is 1.32 bits per heavy atom. The first-order valence-electron chi connectivity index (χ1n) is 7.01. The largest absolute Gasteiger partial charge is 0.383 e. The smallest absolute Gasteiger partial charge is 0.306 e. The van der Waals surface area contributed by atoms with Gasteiger partial charge in [0.25, 0.3) is 5.91 Å². The lowest BCUT2D eigenvalue weighted by atomic mass is 10.0. The van der Waals surface area contributed by atoms with E-state index in [1.807, 2.05) is 0 Å². The number of nitrogens with one attached hydrogen (secondary N) is 2. The van der Waals surface area contributed by atoms with Gasteiger partial charge in [0, 0.05) is 23.5 Å². The fourth-order valence-electron chi connectivity index (χ4n) is 1.99. The zero-order chi connectivity index (χ0) is 18.4. The third-order valence-electron chi connectivity index (χ3n) is 2.88. The molecule has 0 atom stereocenters. The van der Waals surface area contributed by atoms with Gasteiger partial charge in [0.05, 0.1) is 6.26 Å². The number of aromatic nitrogens is 1. The molecular formula is C16H16N4O4S. The Labute approximate surface area is 145 Å². The number of benzene rings is 1. The second-order valence-electron chi connectivity index (χ2n) is 5.03. The predicted octanol–water partition coefficient (Wildman–Crippen LogP) is 0.970. The fourth-order valence-corrected chi connectivity index (χ4v) is 2.44. The van der Waals surface area contributed by atoms with E-state index < -0.39 is 22.0 Å². The SMILES string of the molecule is CS(=O)(=O)Oc1cccc(/C=C(/C(=O)NC(=N)N)c2cccnc2)c1. The molecule has 2 aromatic rings. The van der Waals surface area contributed by atoms with Crippen LogP contribution in [-0.2, 0) is 14.9 Å². The number of hydrogen-bond acceptors (Lipinski definition) is 6. The lowest BCUT2D eigenvalue weighted by Gasteiger charge is -2.09. The van der Waals surface area contributed by atoms with Crippen LogP contribution in [0.3, 0.4) is 0 Å². The van der Waals surface area contributed by atoms with Gasteiger partial charge < -0.3 is 9.92 Å². The maximum absolute atomic E-state index is 12.3. The van der Waals surface area contributed by atoms with Gasteiger partial charge in [-0.25, -0.2) is 0 Å². The highest BCUT2D eigenvalue weighted by atomic mass is 32.2. The van der Waals surface area contributed by atoms with Crippen LogP contribution in [0.1, 0.15) is 11.1 Å². The van der Waals surface area contributed by atoms with Gasteiger partial charge in [0.15, 0.2) is 5.96 Å². The van der Waals surface area contributed by atoms with Crippen LogP contribution in [0.25, 0.3) is 11.6 Å². The number of carbonyl (C=O) groups is 1. The fraction of sp³-hybridized carbons (Fsp3) is 0.0625. The van der Waals surface area contributed by atoms with Gasteiger partial charge in [0.2, 0.25) is 0 Å². The summed E-state index contributed by atoms with van der Waals surface area (Å²) in [5.41, 5.74) is 6.46. The van der Waals surface area contributed by atoms with Crippen molar-refractivity contribution in [3.63, 3.8) is 0 Å². The average molecular weight is 360 g/mol. The Hall–Kier alpha value is -3.20. The molecule has 0 aliphatic carbocycles. The third kappa shape index (κ3) is 5.74. The van der Waals surface area contributed by atoms with Gasteiger partial charge in [-0.1, -0.05) is 18.2 Å². The molecule has 25 heavy (non-hydrogen) atoms. The highest BCUT2D eigenvalue weighted by molar-refractivity contribution is 7.86. The quantitative estimate of drug-likeness (QED) is 0.315. The molecule has 0 spiro atoms. The molecule has 0 fully saturated rings. The summed E-state index contributed by atoms with van der Waals surface area (Å²) in [7, 11) is -3.66. The van der Waals surface area contributed by atoms with Crippen LogP contribution in [0.2, 0.25) is 0 Å². The molecular weight excluding hydrogens is 344 g/mol. The zero-order valence-electron chi connectivity index (χ0n) is 13.3. The maximum Gasteiger partial charge on any atom is 0.306 e. The average Bonchev–Trinajstić information content (AvgIpc) is 2.51. The van der Waals surface area contributed by atoms with Crippen LogP contribution in [0.15, 0.2) is 48.8 Å². The van der Waals surface area contributed by atoms with Crippen molar-refractivity contribution >= 4 is 33.6 Å². The summed E-state index contributed by atoms with van der Waals surface area (Å²) < 4.78 is 27.3. The summed E-state index contributed by atoms with van der Waals surface area (Å²) in [6.07, 6.45) is 5.51. The van der Waals surface area contributed by atoms with Crippen LogP contribution in [0, 0.1) is 5.41 Å². The van der Waals surface area contributed by atoms with Gasteiger partial charge in [0.1, 0.15) is 5.75 Å². The summed E-state index contributed by atoms with van der Waals surface area (Å²) >= 11 is 0. The highest BCUT2D eigenvalue weighted by Crippen LogP contribution is 2.21. The molecule has 0 unspecified atom stereocenters. The Balaban J connectivity index is 2.45. The second-order valence-corrected chi connectivity index (χ2v) is 6.60. The number of carbonyl (C=O) groups excluding carboxylic acids is 1. The molecule has 1 aromatic carbocycles. The molecule has 8 nitrogen and oxygen atoms in total. The molecule has 0 saturated carbocycles. The number of pyridine rings is 1. The minimum atomic E-state index is -3.66. The molecule has 130 valence electrons. The van der Waals surface area contributed by atoms with Crippen LogP contribution < -0.4 is 15.2 Å². The Bertz CT molecular complexity index is 924. The van der Waals surface area contributed by atoms with Crippen molar-refractivity contribution in [3.05, 3.63) is 59.9 Å². The molecule has 4 N–H and O–H groups in total. The van der Waals surface area contributed by atoms with Gasteiger partial charge in [-0.2, -0.15) is 8.42 Å². The van der Waals surface area contributed by atoms with E-state index in [4.69, 9.17) is 15.3 Å². The molecule has 0 aliphatic heterocycles. The zero-order valence-corrected chi connectivity index (χ0v) is 14.1. The van der Waals surface area contributed by atoms with Gasteiger partial charge in [-0.3, -0.25) is 20.5 Å². The molecule has 1 amide bonds. The highest BCUT2D eigenvalue weighted by Gasteiger charge is 2.13. The third-order valence-corrected chi connectivity index (χ3v) is 3.38. The number of nitrogens with two attached hydrogens (primary N) is 1. The standard InChI is InChI=1S/C16H16N4O4S/c1-25(22,23)24-13-6-2-4-11(8-13)9-14(15(21)20-16(17)18)12-5-3-7-19-10-12/h2-10H,1H3,(H4,17,18,20,21)/b14-9+. The summed E-state index contributed by atoms with van der Waals surface area (Å²) in [5.74, 6) is -0.961. The van der Waals surface area contributed by atoms with Gasteiger partial charge in [-0.15, -0.1) is 0 Å². The predicted molar refractivity (Wildman–Crippen MR) is 94.1 cm³/mol. The molecule has 0 radical (unpaired) electrons.